The molecule has 2 nitrogen and oxygen atoms in total. The summed E-state index contributed by atoms with van der Waals surface area (Å²) in [7, 11) is 0. The van der Waals surface area contributed by atoms with Gasteiger partial charge in [-0.15, -0.1) is 0 Å². The lowest BCUT2D eigenvalue weighted by Gasteiger charge is -2.06. The Bertz CT molecular complexity index is 466. The number of hydrogen-bond donors (Lipinski definition) is 0. The molecule has 0 aliphatic rings. The SMILES string of the molecule is CC(C)c1ccc2cncc(I)c2n1. The second kappa shape index (κ2) is 3.81. The predicted octanol–water partition coefficient (Wildman–Crippen LogP) is 3.36. The summed E-state index contributed by atoms with van der Waals surface area (Å²) in [6.07, 6.45) is 3.70. The molecule has 2 rings (SSSR count). The van der Waals surface area contributed by atoms with E-state index in [0.717, 1.165) is 20.2 Å². The van der Waals surface area contributed by atoms with E-state index >= 15 is 0 Å². The van der Waals surface area contributed by atoms with E-state index in [1.807, 2.05) is 12.4 Å². The lowest BCUT2D eigenvalue weighted by Crippen LogP contribution is -1.94. The normalized spacial score (nSPS) is 11.1. The van der Waals surface area contributed by atoms with Gasteiger partial charge in [0.25, 0.3) is 0 Å². The van der Waals surface area contributed by atoms with Crippen LogP contribution in [0.4, 0.5) is 0 Å². The first-order valence-electron chi connectivity index (χ1n) is 4.58. The maximum atomic E-state index is 4.63. The zero-order valence-corrected chi connectivity index (χ0v) is 10.3. The fourth-order valence-corrected chi connectivity index (χ4v) is 1.94. The summed E-state index contributed by atoms with van der Waals surface area (Å²) < 4.78 is 1.11. The molecule has 0 fully saturated rings. The number of hydrogen-bond acceptors (Lipinski definition) is 2. The molecule has 0 aromatic carbocycles. The van der Waals surface area contributed by atoms with Gasteiger partial charge < -0.3 is 0 Å². The van der Waals surface area contributed by atoms with Crippen molar-refractivity contribution in [3.8, 4) is 0 Å². The Morgan fingerprint density at radius 3 is 2.71 bits per heavy atom. The van der Waals surface area contributed by atoms with Crippen LogP contribution in [0.1, 0.15) is 25.5 Å². The van der Waals surface area contributed by atoms with Crippen LogP contribution in [0, 0.1) is 3.57 Å². The number of halogens is 1. The predicted molar refractivity (Wildman–Crippen MR) is 66.3 cm³/mol. The molecule has 0 radical (unpaired) electrons. The molecule has 72 valence electrons. The zero-order valence-electron chi connectivity index (χ0n) is 8.16. The van der Waals surface area contributed by atoms with Gasteiger partial charge in [0.1, 0.15) is 0 Å². The maximum Gasteiger partial charge on any atom is 0.0869 e. The second-order valence-electron chi connectivity index (χ2n) is 3.58. The molecule has 0 aliphatic carbocycles. The van der Waals surface area contributed by atoms with Crippen LogP contribution in [0.2, 0.25) is 0 Å². The highest BCUT2D eigenvalue weighted by molar-refractivity contribution is 14.1. The van der Waals surface area contributed by atoms with Gasteiger partial charge in [-0.05, 0) is 40.6 Å². The van der Waals surface area contributed by atoms with Gasteiger partial charge in [0.2, 0.25) is 0 Å². The molecular formula is C11H11IN2. The summed E-state index contributed by atoms with van der Waals surface area (Å²) >= 11 is 2.27. The summed E-state index contributed by atoms with van der Waals surface area (Å²) in [5.41, 5.74) is 2.20. The summed E-state index contributed by atoms with van der Waals surface area (Å²) in [5, 5.41) is 1.11. The van der Waals surface area contributed by atoms with Crippen LogP contribution < -0.4 is 0 Å². The van der Waals surface area contributed by atoms with Crippen LogP contribution in [-0.4, -0.2) is 9.97 Å². The minimum atomic E-state index is 0.475. The first kappa shape index (κ1) is 9.83. The molecule has 2 heterocycles. The van der Waals surface area contributed by atoms with Gasteiger partial charge in [-0.25, -0.2) is 0 Å². The minimum Gasteiger partial charge on any atom is -0.263 e. The van der Waals surface area contributed by atoms with Crippen molar-refractivity contribution in [2.75, 3.05) is 0 Å². The fourth-order valence-electron chi connectivity index (χ4n) is 1.35. The second-order valence-corrected chi connectivity index (χ2v) is 4.75. The Kier molecular flexibility index (Phi) is 2.67. The van der Waals surface area contributed by atoms with Gasteiger partial charge in [0, 0.05) is 23.5 Å². The number of nitrogens with zero attached hydrogens (tertiary/aromatic N) is 2. The number of rotatable bonds is 1. The molecule has 0 unspecified atom stereocenters. The van der Waals surface area contributed by atoms with Crippen LogP contribution in [0.5, 0.6) is 0 Å². The molecule has 0 saturated carbocycles. The van der Waals surface area contributed by atoms with Crippen molar-refractivity contribution in [1.82, 2.24) is 9.97 Å². The quantitative estimate of drug-likeness (QED) is 0.754. The molecule has 0 amide bonds. The van der Waals surface area contributed by atoms with Gasteiger partial charge in [-0.2, -0.15) is 0 Å². The summed E-state index contributed by atoms with van der Waals surface area (Å²) in [6.45, 7) is 4.31. The van der Waals surface area contributed by atoms with Gasteiger partial charge in [0.15, 0.2) is 0 Å². The molecule has 2 aromatic rings. The third-order valence-electron chi connectivity index (χ3n) is 2.17. The third kappa shape index (κ3) is 1.73. The zero-order chi connectivity index (χ0) is 10.1. The molecule has 0 atom stereocenters. The van der Waals surface area contributed by atoms with Crippen molar-refractivity contribution in [1.29, 1.82) is 0 Å². The molecule has 3 heteroatoms. The number of aromatic nitrogens is 2. The van der Waals surface area contributed by atoms with Crippen molar-refractivity contribution in [3.63, 3.8) is 0 Å². The van der Waals surface area contributed by atoms with E-state index in [0.29, 0.717) is 5.92 Å². The topological polar surface area (TPSA) is 25.8 Å². The highest BCUT2D eigenvalue weighted by Gasteiger charge is 2.04. The Balaban J connectivity index is 2.70. The molecule has 14 heavy (non-hydrogen) atoms. The average molecular weight is 298 g/mol. The number of pyridine rings is 2. The van der Waals surface area contributed by atoms with E-state index in [4.69, 9.17) is 0 Å². The standard InChI is InChI=1S/C11H11IN2/c1-7(2)10-4-3-8-5-13-6-9(12)11(8)14-10/h3-7H,1-2H3. The number of fused-ring (bicyclic) bond motifs is 1. The van der Waals surface area contributed by atoms with Crippen LogP contribution in [0.15, 0.2) is 24.5 Å². The van der Waals surface area contributed by atoms with Gasteiger partial charge >= 0.3 is 0 Å². The highest BCUT2D eigenvalue weighted by Crippen LogP contribution is 2.20. The Morgan fingerprint density at radius 2 is 2.00 bits per heavy atom. The van der Waals surface area contributed by atoms with E-state index in [-0.39, 0.29) is 0 Å². The highest BCUT2D eigenvalue weighted by atomic mass is 127. The first-order chi connectivity index (χ1) is 6.68. The summed E-state index contributed by atoms with van der Waals surface area (Å²) in [5.74, 6) is 0.475. The van der Waals surface area contributed by atoms with E-state index in [9.17, 15) is 0 Å². The summed E-state index contributed by atoms with van der Waals surface area (Å²) in [4.78, 5) is 8.77. The lowest BCUT2D eigenvalue weighted by molar-refractivity contribution is 0.829. The average Bonchev–Trinajstić information content (AvgIpc) is 2.18. The monoisotopic (exact) mass is 298 g/mol. The van der Waals surface area contributed by atoms with Crippen molar-refractivity contribution < 1.29 is 0 Å². The van der Waals surface area contributed by atoms with Gasteiger partial charge in [0.05, 0.1) is 9.09 Å². The molecule has 0 N–H and O–H groups in total. The lowest BCUT2D eigenvalue weighted by atomic mass is 10.1. The molecule has 0 aliphatic heterocycles. The molecule has 0 bridgehead atoms. The van der Waals surface area contributed by atoms with E-state index in [1.54, 1.807) is 0 Å². The van der Waals surface area contributed by atoms with Crippen molar-refractivity contribution in [2.45, 2.75) is 19.8 Å². The van der Waals surface area contributed by atoms with Crippen LogP contribution in [0.25, 0.3) is 10.9 Å². The fraction of sp³-hybridized carbons (Fsp3) is 0.273. The smallest absolute Gasteiger partial charge is 0.0869 e. The van der Waals surface area contributed by atoms with E-state index in [1.165, 1.54) is 0 Å². The third-order valence-corrected chi connectivity index (χ3v) is 2.96. The largest absolute Gasteiger partial charge is 0.263 e. The van der Waals surface area contributed by atoms with Crippen LogP contribution in [-0.2, 0) is 0 Å². The molecule has 2 aromatic heterocycles. The molecule has 0 spiro atoms. The van der Waals surface area contributed by atoms with E-state index in [2.05, 4.69) is 58.5 Å². The Hall–Kier alpha value is -0.710. The van der Waals surface area contributed by atoms with Crippen molar-refractivity contribution in [2.24, 2.45) is 0 Å². The van der Waals surface area contributed by atoms with Crippen molar-refractivity contribution in [3.05, 3.63) is 33.8 Å². The van der Waals surface area contributed by atoms with Crippen LogP contribution >= 0.6 is 22.6 Å². The molecular weight excluding hydrogens is 287 g/mol. The molecule has 0 saturated heterocycles. The first-order valence-corrected chi connectivity index (χ1v) is 5.66. The van der Waals surface area contributed by atoms with Crippen molar-refractivity contribution >= 4 is 33.5 Å². The van der Waals surface area contributed by atoms with E-state index < -0.39 is 0 Å². The minimum absolute atomic E-state index is 0.475. The van der Waals surface area contributed by atoms with Gasteiger partial charge in [-0.1, -0.05) is 13.8 Å². The van der Waals surface area contributed by atoms with Gasteiger partial charge in [-0.3, -0.25) is 9.97 Å². The maximum absolute atomic E-state index is 4.63. The summed E-state index contributed by atoms with van der Waals surface area (Å²) in [6, 6.07) is 4.16. The van der Waals surface area contributed by atoms with Crippen LogP contribution in [0.3, 0.4) is 0 Å². The Labute approximate surface area is 96.9 Å². The Morgan fingerprint density at radius 1 is 1.21 bits per heavy atom.